The van der Waals surface area contributed by atoms with Gasteiger partial charge in [0.25, 0.3) is 0 Å². The number of carbonyl (C=O) groups excluding carboxylic acids is 2. The second-order valence-electron chi connectivity index (χ2n) is 6.45. The molecule has 138 valence electrons. The first kappa shape index (κ1) is 18.6. The van der Waals surface area contributed by atoms with Gasteiger partial charge in [-0.3, -0.25) is 4.79 Å². The molecule has 5 nitrogen and oxygen atoms in total. The van der Waals surface area contributed by atoms with Crippen molar-refractivity contribution in [1.82, 2.24) is 5.32 Å². The molecule has 1 saturated carbocycles. The lowest BCUT2D eigenvalue weighted by atomic mass is 10.1. The maximum Gasteiger partial charge on any atom is 0.341 e. The standard InChI is InChI=1S/C20H24N2O3S/c1-3-25-20(24)18-16(15-9-10-15)12-26-19(18)22-17(23)11-21-13(2)14-7-5-4-6-8-14/h4-8,12-13,15,21H,3,9-11H2,1-2H3,(H,22,23)/t13-/m0/s1. The van der Waals surface area contributed by atoms with Gasteiger partial charge in [0, 0.05) is 6.04 Å². The number of thiophene rings is 1. The van der Waals surface area contributed by atoms with E-state index in [1.165, 1.54) is 11.3 Å². The minimum Gasteiger partial charge on any atom is -0.462 e. The maximum absolute atomic E-state index is 12.4. The summed E-state index contributed by atoms with van der Waals surface area (Å²) in [7, 11) is 0. The van der Waals surface area contributed by atoms with Gasteiger partial charge in [-0.05, 0) is 49.1 Å². The molecule has 0 saturated heterocycles. The highest BCUT2D eigenvalue weighted by Gasteiger charge is 2.32. The van der Waals surface area contributed by atoms with Crippen LogP contribution in [-0.2, 0) is 9.53 Å². The molecule has 1 aliphatic carbocycles. The van der Waals surface area contributed by atoms with Gasteiger partial charge < -0.3 is 15.4 Å². The second-order valence-corrected chi connectivity index (χ2v) is 7.33. The molecule has 2 N–H and O–H groups in total. The molecule has 0 unspecified atom stereocenters. The zero-order valence-corrected chi connectivity index (χ0v) is 15.9. The highest BCUT2D eigenvalue weighted by molar-refractivity contribution is 7.15. The fraction of sp³-hybridized carbons (Fsp3) is 0.400. The normalized spacial score (nSPS) is 14.7. The Kier molecular flexibility index (Phi) is 6.06. The van der Waals surface area contributed by atoms with Crippen molar-refractivity contribution in [2.45, 2.75) is 38.6 Å². The van der Waals surface area contributed by atoms with Crippen LogP contribution in [0.3, 0.4) is 0 Å². The molecule has 1 aliphatic rings. The quantitative estimate of drug-likeness (QED) is 0.685. The molecule has 0 spiro atoms. The molecule has 2 aromatic rings. The van der Waals surface area contributed by atoms with Gasteiger partial charge in [0.05, 0.1) is 18.7 Å². The van der Waals surface area contributed by atoms with Gasteiger partial charge in [0.15, 0.2) is 0 Å². The van der Waals surface area contributed by atoms with E-state index >= 15 is 0 Å². The Hall–Kier alpha value is -2.18. The van der Waals surface area contributed by atoms with E-state index in [-0.39, 0.29) is 24.5 Å². The van der Waals surface area contributed by atoms with Crippen LogP contribution in [0, 0.1) is 0 Å². The van der Waals surface area contributed by atoms with Gasteiger partial charge in [0.2, 0.25) is 5.91 Å². The summed E-state index contributed by atoms with van der Waals surface area (Å²) in [4.78, 5) is 24.7. The molecular formula is C20H24N2O3S. The fourth-order valence-electron chi connectivity index (χ4n) is 2.85. The van der Waals surface area contributed by atoms with Crippen molar-refractivity contribution < 1.29 is 14.3 Å². The van der Waals surface area contributed by atoms with E-state index < -0.39 is 0 Å². The topological polar surface area (TPSA) is 67.4 Å². The van der Waals surface area contributed by atoms with Crippen molar-refractivity contribution in [2.24, 2.45) is 0 Å². The zero-order chi connectivity index (χ0) is 18.5. The lowest BCUT2D eigenvalue weighted by Crippen LogP contribution is -2.30. The largest absolute Gasteiger partial charge is 0.462 e. The summed E-state index contributed by atoms with van der Waals surface area (Å²) in [6.07, 6.45) is 2.18. The predicted octanol–water partition coefficient (Wildman–Crippen LogP) is 4.09. The van der Waals surface area contributed by atoms with E-state index in [2.05, 4.69) is 10.6 Å². The molecule has 6 heteroatoms. The van der Waals surface area contributed by atoms with Crippen LogP contribution in [0.1, 0.15) is 60.1 Å². The van der Waals surface area contributed by atoms with Gasteiger partial charge in [-0.2, -0.15) is 0 Å². The summed E-state index contributed by atoms with van der Waals surface area (Å²) in [6, 6.07) is 10.0. The third kappa shape index (κ3) is 4.51. The average molecular weight is 372 g/mol. The van der Waals surface area contributed by atoms with Gasteiger partial charge >= 0.3 is 5.97 Å². The first-order valence-electron chi connectivity index (χ1n) is 8.96. The minimum absolute atomic E-state index is 0.0665. The third-order valence-electron chi connectivity index (χ3n) is 4.44. The second kappa shape index (κ2) is 8.47. The molecule has 1 atom stereocenters. The van der Waals surface area contributed by atoms with Crippen molar-refractivity contribution >= 4 is 28.2 Å². The van der Waals surface area contributed by atoms with Crippen LogP contribution >= 0.6 is 11.3 Å². The van der Waals surface area contributed by atoms with Crippen LogP contribution in [-0.4, -0.2) is 25.0 Å². The molecular weight excluding hydrogens is 348 g/mol. The van der Waals surface area contributed by atoms with Crippen LogP contribution in [0.4, 0.5) is 5.00 Å². The Morgan fingerprint density at radius 1 is 1.27 bits per heavy atom. The fourth-order valence-corrected chi connectivity index (χ4v) is 3.89. The molecule has 1 fully saturated rings. The van der Waals surface area contributed by atoms with Gasteiger partial charge in [-0.15, -0.1) is 11.3 Å². The van der Waals surface area contributed by atoms with E-state index in [9.17, 15) is 9.59 Å². The number of hydrogen-bond donors (Lipinski definition) is 2. The molecule has 3 rings (SSSR count). The number of hydrogen-bond acceptors (Lipinski definition) is 5. The number of ether oxygens (including phenoxy) is 1. The van der Waals surface area contributed by atoms with Crippen LogP contribution in [0.2, 0.25) is 0 Å². The number of carbonyl (C=O) groups is 2. The van der Waals surface area contributed by atoms with Crippen LogP contribution in [0.25, 0.3) is 0 Å². The summed E-state index contributed by atoms with van der Waals surface area (Å²) >= 11 is 1.40. The Balaban J connectivity index is 1.63. The predicted molar refractivity (Wildman–Crippen MR) is 104 cm³/mol. The number of benzene rings is 1. The van der Waals surface area contributed by atoms with Gasteiger partial charge in [0.1, 0.15) is 5.00 Å². The molecule has 0 radical (unpaired) electrons. The minimum atomic E-state index is -0.350. The van der Waals surface area contributed by atoms with Gasteiger partial charge in [-0.25, -0.2) is 4.79 Å². The molecule has 0 aliphatic heterocycles. The summed E-state index contributed by atoms with van der Waals surface area (Å²) in [5.41, 5.74) is 2.66. The molecule has 1 heterocycles. The third-order valence-corrected chi connectivity index (χ3v) is 5.35. The number of anilines is 1. The first-order valence-corrected chi connectivity index (χ1v) is 9.84. The van der Waals surface area contributed by atoms with Crippen molar-refractivity contribution in [3.05, 3.63) is 52.4 Å². The zero-order valence-electron chi connectivity index (χ0n) is 15.1. The highest BCUT2D eigenvalue weighted by Crippen LogP contribution is 2.46. The van der Waals surface area contributed by atoms with Crippen LogP contribution in [0.15, 0.2) is 35.7 Å². The average Bonchev–Trinajstić information content (AvgIpc) is 3.41. The Bertz CT molecular complexity index is 769. The van der Waals surface area contributed by atoms with Crippen molar-refractivity contribution in [2.75, 3.05) is 18.5 Å². The summed E-state index contributed by atoms with van der Waals surface area (Å²) < 4.78 is 5.18. The highest BCUT2D eigenvalue weighted by atomic mass is 32.1. The molecule has 26 heavy (non-hydrogen) atoms. The molecule has 1 aromatic carbocycles. The van der Waals surface area contributed by atoms with Gasteiger partial charge in [-0.1, -0.05) is 30.3 Å². The van der Waals surface area contributed by atoms with E-state index in [0.717, 1.165) is 24.0 Å². The lowest BCUT2D eigenvalue weighted by molar-refractivity contribution is -0.115. The summed E-state index contributed by atoms with van der Waals surface area (Å²) in [6.45, 7) is 4.30. The summed E-state index contributed by atoms with van der Waals surface area (Å²) in [5, 5.41) is 8.65. The summed E-state index contributed by atoms with van der Waals surface area (Å²) in [5.74, 6) is -0.0911. The number of esters is 1. The van der Waals surface area contributed by atoms with Crippen LogP contribution < -0.4 is 10.6 Å². The Morgan fingerprint density at radius 3 is 2.65 bits per heavy atom. The maximum atomic E-state index is 12.4. The van der Waals surface area contributed by atoms with Crippen LogP contribution in [0.5, 0.6) is 0 Å². The molecule has 0 bridgehead atoms. The van der Waals surface area contributed by atoms with E-state index in [0.29, 0.717) is 23.1 Å². The van der Waals surface area contributed by atoms with E-state index in [4.69, 9.17) is 4.74 Å². The number of nitrogens with one attached hydrogen (secondary N) is 2. The number of rotatable bonds is 8. The first-order chi connectivity index (χ1) is 12.6. The van der Waals surface area contributed by atoms with E-state index in [1.54, 1.807) is 6.92 Å². The smallest absolute Gasteiger partial charge is 0.341 e. The van der Waals surface area contributed by atoms with Crippen molar-refractivity contribution in [3.8, 4) is 0 Å². The van der Waals surface area contributed by atoms with Crippen molar-refractivity contribution in [1.29, 1.82) is 0 Å². The van der Waals surface area contributed by atoms with Crippen molar-refractivity contribution in [3.63, 3.8) is 0 Å². The SMILES string of the molecule is CCOC(=O)c1c(C2CC2)csc1NC(=O)CN[C@@H](C)c1ccccc1. The van der Waals surface area contributed by atoms with E-state index in [1.807, 2.05) is 42.6 Å². The molecule has 1 aromatic heterocycles. The molecule has 1 amide bonds. The Morgan fingerprint density at radius 2 is 2.00 bits per heavy atom. The lowest BCUT2D eigenvalue weighted by Gasteiger charge is -2.14. The monoisotopic (exact) mass is 372 g/mol. The number of amides is 1. The Labute approximate surface area is 157 Å².